The van der Waals surface area contributed by atoms with Crippen molar-refractivity contribution in [3.63, 3.8) is 0 Å². The Hall–Kier alpha value is -1.26. The van der Waals surface area contributed by atoms with E-state index in [-0.39, 0.29) is 11.2 Å². The molecule has 2 N–H and O–H groups in total. The highest BCUT2D eigenvalue weighted by atomic mass is 16.5. The van der Waals surface area contributed by atoms with Crippen molar-refractivity contribution in [3.8, 4) is 0 Å². The molecule has 1 aromatic carbocycles. The van der Waals surface area contributed by atoms with E-state index >= 15 is 0 Å². The van der Waals surface area contributed by atoms with Crippen molar-refractivity contribution in [3.05, 3.63) is 41.7 Å². The number of rotatable bonds is 3. The van der Waals surface area contributed by atoms with Crippen molar-refractivity contribution in [1.29, 1.82) is 0 Å². The van der Waals surface area contributed by atoms with Crippen LogP contribution in [0, 0.1) is 5.41 Å². The van der Waals surface area contributed by atoms with Crippen molar-refractivity contribution < 1.29 is 14.8 Å². The molecule has 0 aromatic heterocycles. The third-order valence-electron chi connectivity index (χ3n) is 4.80. The molecule has 1 heterocycles. The molecule has 0 radical (unpaired) electrons. The van der Waals surface area contributed by atoms with Crippen LogP contribution in [0.25, 0.3) is 0 Å². The van der Waals surface area contributed by atoms with Crippen molar-refractivity contribution in [1.82, 2.24) is 0 Å². The van der Waals surface area contributed by atoms with E-state index in [1.54, 1.807) is 0 Å². The van der Waals surface area contributed by atoms with Gasteiger partial charge in [-0.1, -0.05) is 52.5 Å². The van der Waals surface area contributed by atoms with Gasteiger partial charge in [-0.2, -0.15) is 0 Å². The zero-order valence-corrected chi connectivity index (χ0v) is 12.0. The normalized spacial score (nSPS) is 15.5. The summed E-state index contributed by atoms with van der Waals surface area (Å²) >= 11 is 0. The van der Waals surface area contributed by atoms with Crippen molar-refractivity contribution in [2.45, 2.75) is 39.7 Å². The molecule has 0 unspecified atom stereocenters. The Bertz CT molecular complexity index is 520. The number of hydrogen-bond acceptors (Lipinski definition) is 3. The number of benzene rings is 1. The molecule has 1 aliphatic rings. The van der Waals surface area contributed by atoms with Crippen LogP contribution in [0.4, 0.5) is 0 Å². The van der Waals surface area contributed by atoms with E-state index in [2.05, 4.69) is 20.4 Å². The van der Waals surface area contributed by atoms with E-state index in [1.165, 1.54) is 0 Å². The SMILES string of the molecule is C=C(O)C(C)(C)C(C)(C)c1cccc2c1B(O)OC2. The molecule has 0 aliphatic carbocycles. The quantitative estimate of drug-likeness (QED) is 0.647. The Morgan fingerprint density at radius 3 is 2.53 bits per heavy atom. The van der Waals surface area contributed by atoms with Crippen molar-refractivity contribution in [2.24, 2.45) is 5.41 Å². The van der Waals surface area contributed by atoms with Crippen LogP contribution >= 0.6 is 0 Å². The maximum atomic E-state index is 10.0. The molecule has 3 nitrogen and oxygen atoms in total. The summed E-state index contributed by atoms with van der Waals surface area (Å²) < 4.78 is 5.30. The lowest BCUT2D eigenvalue weighted by atomic mass is 9.59. The van der Waals surface area contributed by atoms with Crippen LogP contribution in [0.1, 0.15) is 38.8 Å². The predicted octanol–water partition coefficient (Wildman–Crippen LogP) is 2.28. The second-order valence-electron chi connectivity index (χ2n) is 6.24. The van der Waals surface area contributed by atoms with Gasteiger partial charge < -0.3 is 14.8 Å². The second kappa shape index (κ2) is 4.39. The molecule has 1 aliphatic heterocycles. The first-order chi connectivity index (χ1) is 8.69. The van der Waals surface area contributed by atoms with Crippen LogP contribution in [0.5, 0.6) is 0 Å². The Morgan fingerprint density at radius 2 is 1.95 bits per heavy atom. The minimum absolute atomic E-state index is 0.142. The molecule has 0 spiro atoms. The van der Waals surface area contributed by atoms with Crippen LogP contribution < -0.4 is 5.46 Å². The van der Waals surface area contributed by atoms with Crippen molar-refractivity contribution in [2.75, 3.05) is 0 Å². The molecule has 0 fully saturated rings. The van der Waals surface area contributed by atoms with Gasteiger partial charge >= 0.3 is 7.12 Å². The van der Waals surface area contributed by atoms with Crippen molar-refractivity contribution >= 4 is 12.6 Å². The highest BCUT2D eigenvalue weighted by Gasteiger charge is 2.44. The summed E-state index contributed by atoms with van der Waals surface area (Å²) in [6, 6.07) is 5.92. The van der Waals surface area contributed by atoms with Gasteiger partial charge in [-0.3, -0.25) is 0 Å². The second-order valence-corrected chi connectivity index (χ2v) is 6.24. The van der Waals surface area contributed by atoms with Crippen LogP contribution in [-0.4, -0.2) is 17.2 Å². The van der Waals surface area contributed by atoms with Crippen LogP contribution in [0.15, 0.2) is 30.5 Å². The first-order valence-corrected chi connectivity index (χ1v) is 6.50. The molecule has 2 rings (SSSR count). The summed E-state index contributed by atoms with van der Waals surface area (Å²) in [6.45, 7) is 12.1. The van der Waals surface area contributed by atoms with Gasteiger partial charge in [0, 0.05) is 10.8 Å². The lowest BCUT2D eigenvalue weighted by molar-refractivity contribution is 0.164. The highest BCUT2D eigenvalue weighted by Crippen LogP contribution is 2.45. The Kier molecular flexibility index (Phi) is 3.27. The average Bonchev–Trinajstić information content (AvgIpc) is 2.70. The fraction of sp³-hybridized carbons (Fsp3) is 0.467. The largest absolute Gasteiger partial charge is 0.512 e. The van der Waals surface area contributed by atoms with E-state index in [0.717, 1.165) is 16.6 Å². The molecule has 1 aromatic rings. The molecule has 0 saturated carbocycles. The molecule has 19 heavy (non-hydrogen) atoms. The number of aliphatic hydroxyl groups excluding tert-OH is 1. The Labute approximate surface area is 115 Å². The number of aliphatic hydroxyl groups is 1. The van der Waals surface area contributed by atoms with Gasteiger partial charge in [0.15, 0.2) is 0 Å². The molecule has 0 saturated heterocycles. The van der Waals surface area contributed by atoms with Gasteiger partial charge in [-0.25, -0.2) is 0 Å². The van der Waals surface area contributed by atoms with Crippen LogP contribution in [0.3, 0.4) is 0 Å². The number of hydrogen-bond donors (Lipinski definition) is 2. The summed E-state index contributed by atoms with van der Waals surface area (Å²) in [5.41, 5.74) is 1.96. The van der Waals surface area contributed by atoms with Crippen LogP contribution in [0.2, 0.25) is 0 Å². The zero-order chi connectivity index (χ0) is 14.4. The van der Waals surface area contributed by atoms with Crippen LogP contribution in [-0.2, 0) is 16.7 Å². The zero-order valence-electron chi connectivity index (χ0n) is 12.0. The number of allylic oxidation sites excluding steroid dienone is 1. The molecular weight excluding hydrogens is 239 g/mol. The first kappa shape index (κ1) is 14.2. The summed E-state index contributed by atoms with van der Waals surface area (Å²) in [4.78, 5) is 0. The summed E-state index contributed by atoms with van der Waals surface area (Å²) in [5.74, 6) is 0.142. The van der Waals surface area contributed by atoms with E-state index in [0.29, 0.717) is 6.61 Å². The van der Waals surface area contributed by atoms with Gasteiger partial charge in [-0.15, -0.1) is 0 Å². The minimum Gasteiger partial charge on any atom is -0.512 e. The summed E-state index contributed by atoms with van der Waals surface area (Å²) in [6.07, 6.45) is 0. The monoisotopic (exact) mass is 260 g/mol. The molecule has 4 heteroatoms. The van der Waals surface area contributed by atoms with E-state index in [9.17, 15) is 10.1 Å². The van der Waals surface area contributed by atoms with E-state index < -0.39 is 12.5 Å². The average molecular weight is 260 g/mol. The maximum Gasteiger partial charge on any atom is 0.492 e. The predicted molar refractivity (Wildman–Crippen MR) is 77.4 cm³/mol. The molecular formula is C15H21BO3. The topological polar surface area (TPSA) is 49.7 Å². The summed E-state index contributed by atoms with van der Waals surface area (Å²) in [7, 11) is -0.881. The van der Waals surface area contributed by atoms with Gasteiger partial charge in [0.05, 0.1) is 12.4 Å². The van der Waals surface area contributed by atoms with E-state index in [4.69, 9.17) is 4.65 Å². The fourth-order valence-corrected chi connectivity index (χ4v) is 2.52. The van der Waals surface area contributed by atoms with E-state index in [1.807, 2.05) is 32.0 Å². The first-order valence-electron chi connectivity index (χ1n) is 6.50. The fourth-order valence-electron chi connectivity index (χ4n) is 2.52. The van der Waals surface area contributed by atoms with Gasteiger partial charge in [0.25, 0.3) is 0 Å². The minimum atomic E-state index is -0.881. The smallest absolute Gasteiger partial charge is 0.492 e. The molecule has 0 bridgehead atoms. The molecule has 0 atom stereocenters. The summed E-state index contributed by atoms with van der Waals surface area (Å²) in [5, 5.41) is 19.9. The standard InChI is InChI=1S/C15H21BO3/c1-10(17)14(2,3)15(4,5)12-8-6-7-11-9-19-16(18)13(11)12/h6-8,17-18H,1,9H2,2-5H3. The Balaban J connectivity index is 2.60. The lowest BCUT2D eigenvalue weighted by Gasteiger charge is -2.42. The molecule has 102 valence electrons. The van der Waals surface area contributed by atoms with Gasteiger partial charge in [0.2, 0.25) is 0 Å². The molecule has 0 amide bonds. The Morgan fingerprint density at radius 1 is 1.32 bits per heavy atom. The van der Waals surface area contributed by atoms with Gasteiger partial charge in [-0.05, 0) is 16.6 Å². The number of fused-ring (bicyclic) bond motifs is 1. The van der Waals surface area contributed by atoms with Gasteiger partial charge in [0.1, 0.15) is 0 Å². The maximum absolute atomic E-state index is 10.0. The third-order valence-corrected chi connectivity index (χ3v) is 4.80. The highest BCUT2D eigenvalue weighted by molar-refractivity contribution is 6.62. The third kappa shape index (κ3) is 1.99. The lowest BCUT2D eigenvalue weighted by Crippen LogP contribution is -2.44.